The van der Waals surface area contributed by atoms with Crippen LogP contribution in [-0.4, -0.2) is 33.5 Å². The monoisotopic (exact) mass is 297 g/mol. The molecule has 2 N–H and O–H groups in total. The molecular weight excluding hydrogens is 278 g/mol. The van der Waals surface area contributed by atoms with Crippen LogP contribution >= 0.6 is 0 Å². The maximum absolute atomic E-state index is 11.9. The Kier molecular flexibility index (Phi) is 6.38. The third kappa shape index (κ3) is 5.52. The number of benzene rings is 1. The Morgan fingerprint density at radius 3 is 2.35 bits per heavy atom. The highest BCUT2D eigenvalue weighted by molar-refractivity contribution is 7.85. The Bertz CT molecular complexity index is 496. The Morgan fingerprint density at radius 1 is 1.25 bits per heavy atom. The van der Waals surface area contributed by atoms with Crippen molar-refractivity contribution in [3.63, 3.8) is 0 Å². The van der Waals surface area contributed by atoms with E-state index < -0.39 is 16.8 Å². The highest BCUT2D eigenvalue weighted by Gasteiger charge is 2.11. The van der Waals surface area contributed by atoms with Crippen LogP contribution in [0.25, 0.3) is 0 Å². The molecule has 5 nitrogen and oxygen atoms in total. The van der Waals surface area contributed by atoms with E-state index in [4.69, 9.17) is 5.11 Å². The van der Waals surface area contributed by atoms with Gasteiger partial charge in [0.25, 0.3) is 0 Å². The van der Waals surface area contributed by atoms with Gasteiger partial charge in [-0.3, -0.25) is 9.00 Å². The molecule has 1 aromatic carbocycles. The first-order valence-corrected chi connectivity index (χ1v) is 7.70. The van der Waals surface area contributed by atoms with Crippen LogP contribution in [0.5, 0.6) is 0 Å². The Labute approximate surface area is 120 Å². The molecular formula is C14H19NO4S. The van der Waals surface area contributed by atoms with E-state index in [0.29, 0.717) is 17.4 Å². The lowest BCUT2D eigenvalue weighted by molar-refractivity contribution is -0.118. The normalized spacial score (nSPS) is 12.2. The van der Waals surface area contributed by atoms with Crippen LogP contribution in [0.15, 0.2) is 29.2 Å². The first-order chi connectivity index (χ1) is 9.40. The molecule has 110 valence electrons. The van der Waals surface area contributed by atoms with Gasteiger partial charge in [0, 0.05) is 11.4 Å². The second-order valence-electron chi connectivity index (χ2n) is 4.85. The van der Waals surface area contributed by atoms with Crippen LogP contribution < -0.4 is 5.32 Å². The minimum absolute atomic E-state index is 0.107. The third-order valence-corrected chi connectivity index (χ3v) is 3.99. The number of hydrogen-bond donors (Lipinski definition) is 2. The van der Waals surface area contributed by atoms with Crippen molar-refractivity contribution in [3.8, 4) is 0 Å². The average Bonchev–Trinajstić information content (AvgIpc) is 2.38. The van der Waals surface area contributed by atoms with Gasteiger partial charge in [-0.2, -0.15) is 0 Å². The quantitative estimate of drug-likeness (QED) is 0.801. The van der Waals surface area contributed by atoms with Crippen LogP contribution in [0, 0.1) is 5.92 Å². The Hall–Kier alpha value is -1.69. The Balaban J connectivity index is 2.49. The maximum atomic E-state index is 11.9. The SMILES string of the molecule is CC(C)CCNC(=O)CS(=O)c1ccc(C(=O)O)cc1. The molecule has 1 rings (SSSR count). The molecule has 0 fully saturated rings. The second-order valence-corrected chi connectivity index (χ2v) is 6.30. The van der Waals surface area contributed by atoms with Gasteiger partial charge in [-0.1, -0.05) is 13.8 Å². The number of aromatic carboxylic acids is 1. The number of amides is 1. The first kappa shape index (κ1) is 16.4. The summed E-state index contributed by atoms with van der Waals surface area (Å²) in [6, 6.07) is 5.71. The van der Waals surface area contributed by atoms with E-state index in [0.717, 1.165) is 6.42 Å². The molecule has 0 bridgehead atoms. The van der Waals surface area contributed by atoms with Gasteiger partial charge in [0.2, 0.25) is 5.91 Å². The summed E-state index contributed by atoms with van der Waals surface area (Å²) < 4.78 is 11.9. The molecule has 0 radical (unpaired) electrons. The van der Waals surface area contributed by atoms with Gasteiger partial charge in [-0.05, 0) is 36.6 Å². The number of carbonyl (C=O) groups excluding carboxylic acids is 1. The van der Waals surface area contributed by atoms with E-state index in [9.17, 15) is 13.8 Å². The number of carbonyl (C=O) groups is 2. The van der Waals surface area contributed by atoms with Crippen molar-refractivity contribution in [1.29, 1.82) is 0 Å². The summed E-state index contributed by atoms with van der Waals surface area (Å²) >= 11 is 0. The van der Waals surface area contributed by atoms with Crippen LogP contribution in [0.2, 0.25) is 0 Å². The van der Waals surface area contributed by atoms with E-state index in [-0.39, 0.29) is 17.2 Å². The van der Waals surface area contributed by atoms with Gasteiger partial charge in [0.1, 0.15) is 5.75 Å². The number of rotatable bonds is 7. The smallest absolute Gasteiger partial charge is 0.335 e. The fourth-order valence-electron chi connectivity index (χ4n) is 1.50. The molecule has 1 atom stereocenters. The van der Waals surface area contributed by atoms with Crippen molar-refractivity contribution < 1.29 is 18.9 Å². The van der Waals surface area contributed by atoms with E-state index >= 15 is 0 Å². The van der Waals surface area contributed by atoms with Crippen molar-refractivity contribution in [2.45, 2.75) is 25.2 Å². The molecule has 0 heterocycles. The van der Waals surface area contributed by atoms with Crippen LogP contribution in [0.3, 0.4) is 0 Å². The molecule has 20 heavy (non-hydrogen) atoms. The van der Waals surface area contributed by atoms with E-state index in [1.165, 1.54) is 24.3 Å². The zero-order valence-electron chi connectivity index (χ0n) is 11.6. The average molecular weight is 297 g/mol. The lowest BCUT2D eigenvalue weighted by Gasteiger charge is -2.07. The molecule has 0 aliphatic rings. The molecule has 0 aliphatic heterocycles. The van der Waals surface area contributed by atoms with Crippen molar-refractivity contribution in [2.24, 2.45) is 5.92 Å². The zero-order valence-corrected chi connectivity index (χ0v) is 12.4. The zero-order chi connectivity index (χ0) is 15.1. The largest absolute Gasteiger partial charge is 0.478 e. The molecule has 0 saturated heterocycles. The molecule has 0 spiro atoms. The molecule has 1 amide bonds. The molecule has 1 aromatic rings. The van der Waals surface area contributed by atoms with Crippen molar-refractivity contribution in [1.82, 2.24) is 5.32 Å². The molecule has 0 aliphatic carbocycles. The summed E-state index contributed by atoms with van der Waals surface area (Å²) in [5.74, 6) is -0.894. The van der Waals surface area contributed by atoms with Crippen molar-refractivity contribution in [2.75, 3.05) is 12.3 Å². The summed E-state index contributed by atoms with van der Waals surface area (Å²) in [6.45, 7) is 4.70. The number of hydrogen-bond acceptors (Lipinski definition) is 3. The predicted octanol–water partition coefficient (Wildman–Crippen LogP) is 1.65. The summed E-state index contributed by atoms with van der Waals surface area (Å²) in [4.78, 5) is 22.7. The van der Waals surface area contributed by atoms with Gasteiger partial charge >= 0.3 is 5.97 Å². The lowest BCUT2D eigenvalue weighted by Crippen LogP contribution is -2.29. The summed E-state index contributed by atoms with van der Waals surface area (Å²) in [6.07, 6.45) is 0.881. The van der Waals surface area contributed by atoms with Crippen LogP contribution in [0.1, 0.15) is 30.6 Å². The van der Waals surface area contributed by atoms with E-state index in [1.807, 2.05) is 0 Å². The van der Waals surface area contributed by atoms with Crippen molar-refractivity contribution >= 4 is 22.7 Å². The fourth-order valence-corrected chi connectivity index (χ4v) is 2.45. The minimum Gasteiger partial charge on any atom is -0.478 e. The third-order valence-electron chi connectivity index (χ3n) is 2.67. The molecule has 0 aromatic heterocycles. The maximum Gasteiger partial charge on any atom is 0.335 e. The van der Waals surface area contributed by atoms with Gasteiger partial charge < -0.3 is 10.4 Å². The van der Waals surface area contributed by atoms with Gasteiger partial charge in [0.15, 0.2) is 0 Å². The first-order valence-electron chi connectivity index (χ1n) is 6.38. The predicted molar refractivity (Wildman–Crippen MR) is 77.1 cm³/mol. The minimum atomic E-state index is -1.45. The topological polar surface area (TPSA) is 83.5 Å². The number of nitrogens with one attached hydrogen (secondary N) is 1. The number of carboxylic acid groups (broad SMARTS) is 1. The molecule has 0 saturated carbocycles. The fraction of sp³-hybridized carbons (Fsp3) is 0.429. The molecule has 1 unspecified atom stereocenters. The van der Waals surface area contributed by atoms with Crippen molar-refractivity contribution in [3.05, 3.63) is 29.8 Å². The highest BCUT2D eigenvalue weighted by atomic mass is 32.2. The van der Waals surface area contributed by atoms with E-state index in [2.05, 4.69) is 19.2 Å². The molecule has 6 heteroatoms. The summed E-state index contributed by atoms with van der Waals surface area (Å²) in [5.41, 5.74) is 0.132. The van der Waals surface area contributed by atoms with Gasteiger partial charge in [-0.25, -0.2) is 4.79 Å². The highest BCUT2D eigenvalue weighted by Crippen LogP contribution is 2.09. The summed E-state index contributed by atoms with van der Waals surface area (Å²) in [5, 5.41) is 11.5. The standard InChI is InChI=1S/C14H19NO4S/c1-10(2)7-8-15-13(16)9-20(19)12-5-3-11(4-6-12)14(17)18/h3-6,10H,7-9H2,1-2H3,(H,15,16)(H,17,18). The second kappa shape index (κ2) is 7.79. The Morgan fingerprint density at radius 2 is 1.85 bits per heavy atom. The van der Waals surface area contributed by atoms with Crippen LogP contribution in [-0.2, 0) is 15.6 Å². The van der Waals surface area contributed by atoms with Gasteiger partial charge in [0.05, 0.1) is 16.4 Å². The van der Waals surface area contributed by atoms with Gasteiger partial charge in [-0.15, -0.1) is 0 Å². The van der Waals surface area contributed by atoms with E-state index in [1.54, 1.807) is 0 Å². The lowest BCUT2D eigenvalue weighted by atomic mass is 10.1. The summed E-state index contributed by atoms with van der Waals surface area (Å²) in [7, 11) is -1.45. The number of carboxylic acids is 1. The van der Waals surface area contributed by atoms with Crippen LogP contribution in [0.4, 0.5) is 0 Å².